The Balaban J connectivity index is 1.78. The average Bonchev–Trinajstić information content (AvgIpc) is 3.05. The van der Waals surface area contributed by atoms with Gasteiger partial charge in [-0.15, -0.1) is 0 Å². The molecule has 108 valence electrons. The van der Waals surface area contributed by atoms with Crippen LogP contribution in [-0.2, 0) is 13.1 Å². The minimum atomic E-state index is -4.10. The van der Waals surface area contributed by atoms with Gasteiger partial charge in [0.25, 0.3) is 0 Å². The smallest absolute Gasteiger partial charge is 0.390 e. The van der Waals surface area contributed by atoms with Crippen LogP contribution in [0.4, 0.5) is 13.2 Å². The molecule has 1 aliphatic rings. The Kier molecular flexibility index (Phi) is 4.52. The molecule has 19 heavy (non-hydrogen) atoms. The highest BCUT2D eigenvalue weighted by atomic mass is 19.4. The van der Waals surface area contributed by atoms with Crippen molar-refractivity contribution in [1.29, 1.82) is 0 Å². The summed E-state index contributed by atoms with van der Waals surface area (Å²) in [6.45, 7) is 1.14. The number of hydrogen-bond acceptors (Lipinski definition) is 3. The molecule has 1 fully saturated rings. The van der Waals surface area contributed by atoms with E-state index >= 15 is 0 Å². The van der Waals surface area contributed by atoms with Gasteiger partial charge in [-0.25, -0.2) is 0 Å². The number of furan rings is 1. The zero-order valence-electron chi connectivity index (χ0n) is 11.0. The van der Waals surface area contributed by atoms with Gasteiger partial charge in [0.1, 0.15) is 5.76 Å². The van der Waals surface area contributed by atoms with Gasteiger partial charge in [0.05, 0.1) is 19.2 Å². The Hall–Kier alpha value is -1.01. The fraction of sp³-hybridized carbons (Fsp3) is 0.692. The summed E-state index contributed by atoms with van der Waals surface area (Å²) in [6, 6.07) is 2.41. The van der Waals surface area contributed by atoms with Gasteiger partial charge < -0.3 is 14.6 Å². The molecule has 0 aromatic carbocycles. The molecule has 0 unspecified atom stereocenters. The summed E-state index contributed by atoms with van der Waals surface area (Å²) in [6.07, 6.45) is -0.891. The maximum Gasteiger partial charge on any atom is 0.390 e. The second kappa shape index (κ2) is 5.96. The summed E-state index contributed by atoms with van der Waals surface area (Å²) >= 11 is 0. The largest absolute Gasteiger partial charge is 0.468 e. The Morgan fingerprint density at radius 2 is 2.16 bits per heavy atom. The number of alkyl halides is 3. The highest BCUT2D eigenvalue weighted by Gasteiger charge is 2.27. The molecule has 0 amide bonds. The zero-order valence-corrected chi connectivity index (χ0v) is 11.0. The van der Waals surface area contributed by atoms with Crippen LogP contribution in [0.2, 0.25) is 0 Å². The van der Waals surface area contributed by atoms with Crippen LogP contribution in [0.1, 0.15) is 30.6 Å². The molecule has 0 radical (unpaired) electrons. The lowest BCUT2D eigenvalue weighted by molar-refractivity contribution is -0.137. The summed E-state index contributed by atoms with van der Waals surface area (Å²) in [5.74, 6) is 0.825. The highest BCUT2D eigenvalue weighted by Crippen LogP contribution is 2.22. The van der Waals surface area contributed by atoms with Crippen LogP contribution in [-0.4, -0.2) is 30.7 Å². The molecule has 0 aliphatic heterocycles. The molecule has 0 spiro atoms. The number of nitrogens with one attached hydrogen (secondary N) is 1. The van der Waals surface area contributed by atoms with E-state index in [1.54, 1.807) is 18.2 Å². The molecule has 1 aliphatic carbocycles. The first-order valence-corrected chi connectivity index (χ1v) is 6.48. The van der Waals surface area contributed by atoms with Crippen molar-refractivity contribution < 1.29 is 17.6 Å². The van der Waals surface area contributed by atoms with Crippen molar-refractivity contribution in [3.63, 3.8) is 0 Å². The molecule has 2 rings (SSSR count). The Morgan fingerprint density at radius 1 is 1.42 bits per heavy atom. The van der Waals surface area contributed by atoms with Crippen molar-refractivity contribution in [2.45, 2.75) is 44.6 Å². The Labute approximate surface area is 110 Å². The zero-order chi connectivity index (χ0) is 13.9. The van der Waals surface area contributed by atoms with Gasteiger partial charge in [-0.2, -0.15) is 13.2 Å². The lowest BCUT2D eigenvalue weighted by Gasteiger charge is -2.17. The summed E-state index contributed by atoms with van der Waals surface area (Å²) in [4.78, 5) is 1.67. The van der Waals surface area contributed by atoms with Crippen molar-refractivity contribution in [3.05, 3.63) is 23.7 Å². The number of rotatable bonds is 7. The Bertz CT molecular complexity index is 399. The first-order chi connectivity index (χ1) is 8.94. The van der Waals surface area contributed by atoms with Crippen LogP contribution < -0.4 is 5.32 Å². The van der Waals surface area contributed by atoms with Crippen LogP contribution in [0, 0.1) is 0 Å². The molecule has 1 saturated carbocycles. The van der Waals surface area contributed by atoms with Gasteiger partial charge in [-0.1, -0.05) is 0 Å². The molecular weight excluding hydrogens is 257 g/mol. The SMILES string of the molecule is CN(CCC(F)(F)F)Cc1ccoc1CNC1CC1. The van der Waals surface area contributed by atoms with E-state index in [0.717, 1.165) is 11.3 Å². The summed E-state index contributed by atoms with van der Waals surface area (Å²) in [7, 11) is 1.69. The van der Waals surface area contributed by atoms with E-state index in [0.29, 0.717) is 19.1 Å². The molecule has 0 saturated heterocycles. The van der Waals surface area contributed by atoms with Crippen LogP contribution in [0.25, 0.3) is 0 Å². The lowest BCUT2D eigenvalue weighted by Crippen LogP contribution is -2.25. The van der Waals surface area contributed by atoms with E-state index in [2.05, 4.69) is 5.32 Å². The molecule has 0 atom stereocenters. The predicted molar refractivity (Wildman–Crippen MR) is 65.6 cm³/mol. The lowest BCUT2D eigenvalue weighted by atomic mass is 10.2. The first kappa shape index (κ1) is 14.4. The fourth-order valence-electron chi connectivity index (χ4n) is 1.87. The quantitative estimate of drug-likeness (QED) is 0.830. The first-order valence-electron chi connectivity index (χ1n) is 6.48. The molecule has 1 N–H and O–H groups in total. The minimum Gasteiger partial charge on any atom is -0.468 e. The van der Waals surface area contributed by atoms with Gasteiger partial charge >= 0.3 is 6.18 Å². The third-order valence-corrected chi connectivity index (χ3v) is 3.18. The number of hydrogen-bond donors (Lipinski definition) is 1. The molecule has 6 heteroatoms. The maximum atomic E-state index is 12.1. The average molecular weight is 276 g/mol. The second-order valence-electron chi connectivity index (χ2n) is 5.13. The second-order valence-corrected chi connectivity index (χ2v) is 5.13. The van der Waals surface area contributed by atoms with Crippen molar-refractivity contribution in [2.24, 2.45) is 0 Å². The minimum absolute atomic E-state index is 0.00414. The molecule has 0 bridgehead atoms. The molecule has 1 aromatic rings. The van der Waals surface area contributed by atoms with Crippen LogP contribution in [0.15, 0.2) is 16.7 Å². The van der Waals surface area contributed by atoms with Crippen molar-refractivity contribution in [2.75, 3.05) is 13.6 Å². The molecule has 1 heterocycles. The summed E-state index contributed by atoms with van der Waals surface area (Å²) in [5, 5.41) is 3.34. The normalized spacial score (nSPS) is 16.3. The topological polar surface area (TPSA) is 28.4 Å². The standard InChI is InChI=1S/C13H19F3N2O/c1-18(6-5-13(14,15)16)9-10-4-7-19-12(10)8-17-11-2-3-11/h4,7,11,17H,2-3,5-6,8-9H2,1H3. The Morgan fingerprint density at radius 3 is 2.79 bits per heavy atom. The third-order valence-electron chi connectivity index (χ3n) is 3.18. The fourth-order valence-corrected chi connectivity index (χ4v) is 1.87. The molecule has 3 nitrogen and oxygen atoms in total. The van der Waals surface area contributed by atoms with Crippen LogP contribution in [0.3, 0.4) is 0 Å². The monoisotopic (exact) mass is 276 g/mol. The van der Waals surface area contributed by atoms with Gasteiger partial charge in [-0.3, -0.25) is 0 Å². The summed E-state index contributed by atoms with van der Waals surface area (Å²) < 4.78 is 41.8. The van der Waals surface area contributed by atoms with Crippen LogP contribution in [0.5, 0.6) is 0 Å². The highest BCUT2D eigenvalue weighted by molar-refractivity contribution is 5.17. The third kappa shape index (κ3) is 5.24. The van der Waals surface area contributed by atoms with Gasteiger partial charge in [0, 0.05) is 24.7 Å². The van der Waals surface area contributed by atoms with Gasteiger partial charge in [-0.05, 0) is 26.0 Å². The maximum absolute atomic E-state index is 12.1. The number of nitrogens with zero attached hydrogens (tertiary/aromatic N) is 1. The van der Waals surface area contributed by atoms with Crippen molar-refractivity contribution in [1.82, 2.24) is 10.2 Å². The van der Waals surface area contributed by atoms with Crippen molar-refractivity contribution >= 4 is 0 Å². The van der Waals surface area contributed by atoms with E-state index in [-0.39, 0.29) is 6.54 Å². The number of halogens is 3. The van der Waals surface area contributed by atoms with E-state index in [1.165, 1.54) is 12.8 Å². The predicted octanol–water partition coefficient (Wildman–Crippen LogP) is 2.92. The summed E-state index contributed by atoms with van der Waals surface area (Å²) in [5.41, 5.74) is 0.956. The molecule has 1 aromatic heterocycles. The van der Waals surface area contributed by atoms with Crippen LogP contribution >= 0.6 is 0 Å². The molecular formula is C13H19F3N2O. The van der Waals surface area contributed by atoms with Crippen molar-refractivity contribution in [3.8, 4) is 0 Å². The van der Waals surface area contributed by atoms with Gasteiger partial charge in [0.2, 0.25) is 0 Å². The van der Waals surface area contributed by atoms with E-state index in [1.807, 2.05) is 6.07 Å². The van der Waals surface area contributed by atoms with Gasteiger partial charge in [0.15, 0.2) is 0 Å². The van der Waals surface area contributed by atoms with E-state index in [4.69, 9.17) is 4.42 Å². The van der Waals surface area contributed by atoms with E-state index < -0.39 is 12.6 Å². The van der Waals surface area contributed by atoms with E-state index in [9.17, 15) is 13.2 Å².